The number of rotatable bonds is 3. The van der Waals surface area contributed by atoms with Gasteiger partial charge < -0.3 is 15.6 Å². The highest BCUT2D eigenvalue weighted by atomic mass is 16.6. The van der Waals surface area contributed by atoms with E-state index in [0.29, 0.717) is 0 Å². The molecule has 4 nitrogen and oxygen atoms in total. The number of aliphatic hydroxyl groups excluding tert-OH is 1. The first-order chi connectivity index (χ1) is 6.15. The molecule has 14 heavy (non-hydrogen) atoms. The number of aliphatic hydroxyl groups is 1. The standard InChI is InChI=1S/C10H21NO3/c1-6(2)7(11)8(12)9(13)14-10(3,4)5/h6-8,12H,11H2,1-5H3/t7?,8-/m0/s1. The molecule has 0 radical (unpaired) electrons. The zero-order chi connectivity index (χ0) is 11.5. The Balaban J connectivity index is 4.26. The van der Waals surface area contributed by atoms with Crippen molar-refractivity contribution in [1.29, 1.82) is 0 Å². The Bertz CT molecular complexity index is 196. The van der Waals surface area contributed by atoms with Crippen molar-refractivity contribution in [3.05, 3.63) is 0 Å². The van der Waals surface area contributed by atoms with Crippen molar-refractivity contribution in [3.8, 4) is 0 Å². The van der Waals surface area contributed by atoms with Crippen LogP contribution in [0.5, 0.6) is 0 Å². The molecule has 0 aromatic rings. The maximum atomic E-state index is 11.4. The van der Waals surface area contributed by atoms with Gasteiger partial charge in [-0.15, -0.1) is 0 Å². The van der Waals surface area contributed by atoms with Gasteiger partial charge in [0.25, 0.3) is 0 Å². The van der Waals surface area contributed by atoms with E-state index in [1.807, 2.05) is 13.8 Å². The number of hydrogen-bond acceptors (Lipinski definition) is 4. The van der Waals surface area contributed by atoms with E-state index < -0.39 is 23.7 Å². The zero-order valence-electron chi connectivity index (χ0n) is 9.57. The van der Waals surface area contributed by atoms with Gasteiger partial charge in [0.05, 0.1) is 0 Å². The lowest BCUT2D eigenvalue weighted by Gasteiger charge is -2.25. The van der Waals surface area contributed by atoms with Gasteiger partial charge in [-0.3, -0.25) is 0 Å². The lowest BCUT2D eigenvalue weighted by molar-refractivity contribution is -0.166. The first kappa shape index (κ1) is 13.4. The molecule has 0 aliphatic carbocycles. The predicted octanol–water partition coefficient (Wildman–Crippen LogP) is 0.672. The van der Waals surface area contributed by atoms with Crippen molar-refractivity contribution in [1.82, 2.24) is 0 Å². The molecule has 0 saturated carbocycles. The molecule has 0 spiro atoms. The SMILES string of the molecule is CC(C)C(N)[C@H](O)C(=O)OC(C)(C)C. The molecule has 3 N–H and O–H groups in total. The van der Waals surface area contributed by atoms with E-state index in [4.69, 9.17) is 10.5 Å². The fourth-order valence-electron chi connectivity index (χ4n) is 0.884. The molecule has 1 unspecified atom stereocenters. The van der Waals surface area contributed by atoms with Gasteiger partial charge in [-0.1, -0.05) is 13.8 Å². The summed E-state index contributed by atoms with van der Waals surface area (Å²) in [6.07, 6.45) is -1.24. The number of nitrogens with two attached hydrogens (primary N) is 1. The Labute approximate surface area is 85.4 Å². The minimum atomic E-state index is -1.24. The lowest BCUT2D eigenvalue weighted by atomic mass is 9.99. The van der Waals surface area contributed by atoms with Crippen LogP contribution < -0.4 is 5.73 Å². The lowest BCUT2D eigenvalue weighted by Crippen LogP contribution is -2.46. The Kier molecular flexibility index (Phi) is 4.55. The Hall–Kier alpha value is -0.610. The van der Waals surface area contributed by atoms with Gasteiger partial charge in [0.2, 0.25) is 0 Å². The number of hydrogen-bond donors (Lipinski definition) is 2. The van der Waals surface area contributed by atoms with E-state index in [-0.39, 0.29) is 5.92 Å². The summed E-state index contributed by atoms with van der Waals surface area (Å²) in [5.41, 5.74) is 5.04. The second-order valence-corrected chi connectivity index (χ2v) is 4.80. The third-order valence-electron chi connectivity index (χ3n) is 1.78. The normalized spacial score (nSPS) is 16.6. The van der Waals surface area contributed by atoms with Crippen LogP contribution in [-0.4, -0.2) is 28.8 Å². The molecule has 0 amide bonds. The van der Waals surface area contributed by atoms with Crippen molar-refractivity contribution in [2.75, 3.05) is 0 Å². The topological polar surface area (TPSA) is 72.5 Å². The second-order valence-electron chi connectivity index (χ2n) is 4.80. The Morgan fingerprint density at radius 1 is 1.36 bits per heavy atom. The zero-order valence-corrected chi connectivity index (χ0v) is 9.57. The first-order valence-corrected chi connectivity index (χ1v) is 4.81. The quantitative estimate of drug-likeness (QED) is 0.661. The molecule has 84 valence electrons. The van der Waals surface area contributed by atoms with Gasteiger partial charge >= 0.3 is 5.97 Å². The van der Waals surface area contributed by atoms with E-state index >= 15 is 0 Å². The summed E-state index contributed by atoms with van der Waals surface area (Å²) in [7, 11) is 0. The van der Waals surface area contributed by atoms with Gasteiger partial charge in [0.15, 0.2) is 6.10 Å². The second kappa shape index (κ2) is 4.75. The minimum absolute atomic E-state index is 0.0394. The highest BCUT2D eigenvalue weighted by molar-refractivity contribution is 5.75. The minimum Gasteiger partial charge on any atom is -0.458 e. The molecule has 0 fully saturated rings. The van der Waals surface area contributed by atoms with Gasteiger partial charge in [-0.25, -0.2) is 4.79 Å². The molecule has 0 saturated heterocycles. The van der Waals surface area contributed by atoms with E-state index in [1.54, 1.807) is 20.8 Å². The molecular weight excluding hydrogens is 182 g/mol. The van der Waals surface area contributed by atoms with Crippen molar-refractivity contribution < 1.29 is 14.6 Å². The largest absolute Gasteiger partial charge is 0.458 e. The molecule has 0 heterocycles. The highest BCUT2D eigenvalue weighted by Gasteiger charge is 2.29. The van der Waals surface area contributed by atoms with Crippen LogP contribution in [0.1, 0.15) is 34.6 Å². The summed E-state index contributed by atoms with van der Waals surface area (Å²) in [6, 6.07) is -0.579. The van der Waals surface area contributed by atoms with Gasteiger partial charge in [-0.05, 0) is 26.7 Å². The smallest absolute Gasteiger partial charge is 0.337 e. The van der Waals surface area contributed by atoms with Crippen LogP contribution in [0.15, 0.2) is 0 Å². The van der Waals surface area contributed by atoms with E-state index in [0.717, 1.165) is 0 Å². The third-order valence-corrected chi connectivity index (χ3v) is 1.78. The summed E-state index contributed by atoms with van der Waals surface area (Å²) >= 11 is 0. The van der Waals surface area contributed by atoms with Crippen molar-refractivity contribution in [2.24, 2.45) is 11.7 Å². The average Bonchev–Trinajstić information content (AvgIpc) is 1.98. The van der Waals surface area contributed by atoms with E-state index in [2.05, 4.69) is 0 Å². The van der Waals surface area contributed by atoms with Crippen molar-refractivity contribution in [2.45, 2.75) is 52.4 Å². The molecule has 0 aliphatic heterocycles. The monoisotopic (exact) mass is 203 g/mol. The fraction of sp³-hybridized carbons (Fsp3) is 0.900. The van der Waals surface area contributed by atoms with Crippen LogP contribution >= 0.6 is 0 Å². The highest BCUT2D eigenvalue weighted by Crippen LogP contribution is 2.11. The number of ether oxygens (including phenoxy) is 1. The van der Waals surface area contributed by atoms with Crippen molar-refractivity contribution >= 4 is 5.97 Å². The molecule has 0 bridgehead atoms. The maximum Gasteiger partial charge on any atom is 0.337 e. The number of carbonyl (C=O) groups is 1. The maximum absolute atomic E-state index is 11.4. The third kappa shape index (κ3) is 4.58. The fourth-order valence-corrected chi connectivity index (χ4v) is 0.884. The van der Waals surface area contributed by atoms with Gasteiger partial charge in [0.1, 0.15) is 5.60 Å². The number of carbonyl (C=O) groups excluding carboxylic acids is 1. The summed E-state index contributed by atoms with van der Waals surface area (Å²) in [6.45, 7) is 8.94. The van der Waals surface area contributed by atoms with Gasteiger partial charge in [0, 0.05) is 6.04 Å². The van der Waals surface area contributed by atoms with Crippen LogP contribution in [-0.2, 0) is 9.53 Å². The Morgan fingerprint density at radius 2 is 1.79 bits per heavy atom. The van der Waals surface area contributed by atoms with Crippen LogP contribution in [0.4, 0.5) is 0 Å². The van der Waals surface area contributed by atoms with Crippen LogP contribution in [0.3, 0.4) is 0 Å². The van der Waals surface area contributed by atoms with Crippen LogP contribution in [0, 0.1) is 5.92 Å². The molecular formula is C10H21NO3. The molecule has 0 rings (SSSR count). The molecule has 0 aliphatic rings. The van der Waals surface area contributed by atoms with Crippen molar-refractivity contribution in [3.63, 3.8) is 0 Å². The summed E-state index contributed by atoms with van der Waals surface area (Å²) in [5, 5.41) is 9.52. The summed E-state index contributed by atoms with van der Waals surface area (Å²) in [4.78, 5) is 11.4. The van der Waals surface area contributed by atoms with E-state index in [9.17, 15) is 9.90 Å². The first-order valence-electron chi connectivity index (χ1n) is 4.81. The average molecular weight is 203 g/mol. The molecule has 0 aromatic heterocycles. The predicted molar refractivity (Wildman–Crippen MR) is 54.7 cm³/mol. The van der Waals surface area contributed by atoms with Gasteiger partial charge in [-0.2, -0.15) is 0 Å². The van der Waals surface area contributed by atoms with Crippen LogP contribution in [0.2, 0.25) is 0 Å². The van der Waals surface area contributed by atoms with Crippen LogP contribution in [0.25, 0.3) is 0 Å². The summed E-state index contributed by atoms with van der Waals surface area (Å²) in [5.74, 6) is -0.615. The molecule has 2 atom stereocenters. The molecule has 4 heteroatoms. The molecule has 0 aromatic carbocycles. The number of esters is 1. The summed E-state index contributed by atoms with van der Waals surface area (Å²) < 4.78 is 5.00. The Morgan fingerprint density at radius 3 is 2.07 bits per heavy atom. The van der Waals surface area contributed by atoms with E-state index in [1.165, 1.54) is 0 Å².